The van der Waals surface area contributed by atoms with E-state index in [1.807, 2.05) is 13.8 Å². The first-order chi connectivity index (χ1) is 7.68. The first kappa shape index (κ1) is 16.2. The SMILES string of the molecule is CC(C)NC(C)(C#N)CCCOCC(F)(F)F. The summed E-state index contributed by atoms with van der Waals surface area (Å²) in [4.78, 5) is 0. The number of nitriles is 1. The van der Waals surface area contributed by atoms with E-state index in [-0.39, 0.29) is 12.6 Å². The molecule has 0 heterocycles. The molecule has 0 aliphatic carbocycles. The van der Waals surface area contributed by atoms with Gasteiger partial charge < -0.3 is 4.74 Å². The van der Waals surface area contributed by atoms with Gasteiger partial charge in [-0.15, -0.1) is 0 Å². The van der Waals surface area contributed by atoms with E-state index in [1.54, 1.807) is 6.92 Å². The van der Waals surface area contributed by atoms with Gasteiger partial charge in [-0.05, 0) is 33.6 Å². The Morgan fingerprint density at radius 1 is 1.35 bits per heavy atom. The van der Waals surface area contributed by atoms with Crippen molar-refractivity contribution in [1.29, 1.82) is 5.26 Å². The molecule has 0 rings (SSSR count). The highest BCUT2D eigenvalue weighted by Crippen LogP contribution is 2.16. The van der Waals surface area contributed by atoms with Gasteiger partial charge in [-0.2, -0.15) is 18.4 Å². The lowest BCUT2D eigenvalue weighted by molar-refractivity contribution is -0.174. The lowest BCUT2D eigenvalue weighted by Gasteiger charge is -2.25. The number of halogens is 3. The minimum absolute atomic E-state index is 0.0105. The maximum atomic E-state index is 11.8. The van der Waals surface area contributed by atoms with E-state index < -0.39 is 18.3 Å². The fourth-order valence-corrected chi connectivity index (χ4v) is 1.51. The third kappa shape index (κ3) is 8.95. The fraction of sp³-hybridized carbons (Fsp3) is 0.909. The topological polar surface area (TPSA) is 45.0 Å². The molecule has 0 saturated carbocycles. The quantitative estimate of drug-likeness (QED) is 0.708. The predicted octanol–water partition coefficient (Wildman–Crippen LogP) is 2.63. The van der Waals surface area contributed by atoms with Crippen molar-refractivity contribution in [2.24, 2.45) is 0 Å². The Hall–Kier alpha value is -0.800. The van der Waals surface area contributed by atoms with Gasteiger partial charge in [0.2, 0.25) is 0 Å². The normalized spacial score (nSPS) is 15.6. The largest absolute Gasteiger partial charge is 0.411 e. The molecule has 17 heavy (non-hydrogen) atoms. The molecule has 1 N–H and O–H groups in total. The summed E-state index contributed by atoms with van der Waals surface area (Å²) in [7, 11) is 0. The number of hydrogen-bond donors (Lipinski definition) is 1. The van der Waals surface area contributed by atoms with Crippen LogP contribution in [0.25, 0.3) is 0 Å². The summed E-state index contributed by atoms with van der Waals surface area (Å²) in [5.74, 6) is 0. The Balaban J connectivity index is 3.82. The summed E-state index contributed by atoms with van der Waals surface area (Å²) in [6, 6.07) is 2.28. The average molecular weight is 252 g/mol. The lowest BCUT2D eigenvalue weighted by Crippen LogP contribution is -2.45. The average Bonchev–Trinajstić information content (AvgIpc) is 2.14. The number of nitrogens with zero attached hydrogens (tertiary/aromatic N) is 1. The number of rotatable bonds is 7. The van der Waals surface area contributed by atoms with Gasteiger partial charge in [0.15, 0.2) is 0 Å². The van der Waals surface area contributed by atoms with Gasteiger partial charge in [0.1, 0.15) is 12.1 Å². The molecule has 0 fully saturated rings. The molecule has 0 saturated heterocycles. The molecule has 1 atom stereocenters. The molecular formula is C11H19F3N2O. The molecule has 6 heteroatoms. The minimum atomic E-state index is -4.28. The van der Waals surface area contributed by atoms with Crippen LogP contribution in [0.2, 0.25) is 0 Å². The second-order valence-electron chi connectivity index (χ2n) is 4.51. The van der Waals surface area contributed by atoms with Crippen molar-refractivity contribution in [3.63, 3.8) is 0 Å². The van der Waals surface area contributed by atoms with E-state index in [1.165, 1.54) is 0 Å². The molecule has 1 unspecified atom stereocenters. The second-order valence-corrected chi connectivity index (χ2v) is 4.51. The lowest BCUT2D eigenvalue weighted by atomic mass is 9.97. The first-order valence-corrected chi connectivity index (χ1v) is 5.52. The van der Waals surface area contributed by atoms with Gasteiger partial charge >= 0.3 is 6.18 Å². The molecule has 3 nitrogen and oxygen atoms in total. The van der Waals surface area contributed by atoms with Crippen molar-refractivity contribution in [2.75, 3.05) is 13.2 Å². The zero-order chi connectivity index (χ0) is 13.5. The molecule has 0 bridgehead atoms. The van der Waals surface area contributed by atoms with E-state index in [0.717, 1.165) is 0 Å². The highest BCUT2D eigenvalue weighted by molar-refractivity contribution is 5.04. The first-order valence-electron chi connectivity index (χ1n) is 5.52. The van der Waals surface area contributed by atoms with Crippen LogP contribution >= 0.6 is 0 Å². The standard InChI is InChI=1S/C11H19F3N2O/c1-9(2)16-10(3,7-15)5-4-6-17-8-11(12,13)14/h9,16H,4-6,8H2,1-3H3. The Kier molecular flexibility index (Phi) is 6.50. The van der Waals surface area contributed by atoms with Crippen molar-refractivity contribution >= 4 is 0 Å². The third-order valence-electron chi connectivity index (χ3n) is 2.09. The highest BCUT2D eigenvalue weighted by atomic mass is 19.4. The number of nitrogens with one attached hydrogen (secondary N) is 1. The molecule has 0 amide bonds. The summed E-state index contributed by atoms with van der Waals surface area (Å²) >= 11 is 0. The van der Waals surface area contributed by atoms with E-state index in [4.69, 9.17) is 5.26 Å². The smallest absolute Gasteiger partial charge is 0.372 e. The molecular weight excluding hydrogens is 233 g/mol. The van der Waals surface area contributed by atoms with Gasteiger partial charge in [0, 0.05) is 12.6 Å². The third-order valence-corrected chi connectivity index (χ3v) is 2.09. The van der Waals surface area contributed by atoms with Crippen LogP contribution in [0.15, 0.2) is 0 Å². The van der Waals surface area contributed by atoms with Crippen molar-refractivity contribution in [2.45, 2.75) is 51.4 Å². The van der Waals surface area contributed by atoms with Crippen LogP contribution in [0, 0.1) is 11.3 Å². The zero-order valence-electron chi connectivity index (χ0n) is 10.4. The van der Waals surface area contributed by atoms with E-state index in [0.29, 0.717) is 12.8 Å². The Labute approximate surface area is 99.9 Å². The summed E-state index contributed by atoms with van der Waals surface area (Å²) in [5, 5.41) is 12.1. The second kappa shape index (κ2) is 6.82. The monoisotopic (exact) mass is 252 g/mol. The molecule has 0 aliphatic rings. The summed E-state index contributed by atoms with van der Waals surface area (Å²) in [6.45, 7) is 4.34. The molecule has 0 aromatic carbocycles. The number of hydrogen-bond acceptors (Lipinski definition) is 3. The molecule has 0 spiro atoms. The highest BCUT2D eigenvalue weighted by Gasteiger charge is 2.28. The summed E-state index contributed by atoms with van der Waals surface area (Å²) in [5.41, 5.74) is -0.713. The van der Waals surface area contributed by atoms with Crippen LogP contribution in [0.4, 0.5) is 13.2 Å². The molecule has 0 radical (unpaired) electrons. The Morgan fingerprint density at radius 3 is 2.35 bits per heavy atom. The van der Waals surface area contributed by atoms with Crippen molar-refractivity contribution in [1.82, 2.24) is 5.32 Å². The van der Waals surface area contributed by atoms with E-state index in [2.05, 4.69) is 16.1 Å². The van der Waals surface area contributed by atoms with Gasteiger partial charge in [-0.3, -0.25) is 5.32 Å². The molecule has 100 valence electrons. The molecule has 0 aromatic heterocycles. The van der Waals surface area contributed by atoms with Crippen LogP contribution in [-0.4, -0.2) is 31.0 Å². The maximum Gasteiger partial charge on any atom is 0.411 e. The van der Waals surface area contributed by atoms with E-state index >= 15 is 0 Å². The zero-order valence-corrected chi connectivity index (χ0v) is 10.4. The van der Waals surface area contributed by atoms with Crippen LogP contribution in [-0.2, 0) is 4.74 Å². The minimum Gasteiger partial charge on any atom is -0.372 e. The van der Waals surface area contributed by atoms with Crippen molar-refractivity contribution in [3.8, 4) is 6.07 Å². The van der Waals surface area contributed by atoms with Gasteiger partial charge in [0.05, 0.1) is 6.07 Å². The Bertz CT molecular complexity index is 260. The van der Waals surface area contributed by atoms with Crippen LogP contribution < -0.4 is 5.32 Å². The number of ether oxygens (including phenoxy) is 1. The fourth-order valence-electron chi connectivity index (χ4n) is 1.51. The molecule has 0 aromatic rings. The maximum absolute atomic E-state index is 11.8. The number of alkyl halides is 3. The van der Waals surface area contributed by atoms with Crippen LogP contribution in [0.5, 0.6) is 0 Å². The van der Waals surface area contributed by atoms with Crippen molar-refractivity contribution in [3.05, 3.63) is 0 Å². The van der Waals surface area contributed by atoms with E-state index in [9.17, 15) is 13.2 Å². The summed E-state index contributed by atoms with van der Waals surface area (Å²) in [6.07, 6.45) is -3.41. The predicted molar refractivity (Wildman–Crippen MR) is 58.4 cm³/mol. The van der Waals surface area contributed by atoms with Crippen LogP contribution in [0.1, 0.15) is 33.6 Å². The van der Waals surface area contributed by atoms with Gasteiger partial charge in [-0.25, -0.2) is 0 Å². The molecule has 0 aliphatic heterocycles. The van der Waals surface area contributed by atoms with Gasteiger partial charge in [0.25, 0.3) is 0 Å². The van der Waals surface area contributed by atoms with Gasteiger partial charge in [-0.1, -0.05) is 0 Å². The van der Waals surface area contributed by atoms with Crippen molar-refractivity contribution < 1.29 is 17.9 Å². The summed E-state index contributed by atoms with van der Waals surface area (Å²) < 4.78 is 39.8. The Morgan fingerprint density at radius 2 is 1.94 bits per heavy atom. The van der Waals surface area contributed by atoms with Crippen LogP contribution in [0.3, 0.4) is 0 Å².